The van der Waals surface area contributed by atoms with Gasteiger partial charge in [0.05, 0.1) is 41.8 Å². The smallest absolute Gasteiger partial charge is 0.293 e. The van der Waals surface area contributed by atoms with Crippen LogP contribution in [0.3, 0.4) is 0 Å². The molecule has 29 heavy (non-hydrogen) atoms. The Kier molecular flexibility index (Phi) is 6.47. The summed E-state index contributed by atoms with van der Waals surface area (Å²) in [6.07, 6.45) is 1.56. The van der Waals surface area contributed by atoms with Crippen molar-refractivity contribution in [2.24, 2.45) is 0 Å². The Balaban J connectivity index is 1.90. The lowest BCUT2D eigenvalue weighted by Crippen LogP contribution is -2.27. The number of amides is 2. The normalized spacial score (nSPS) is 15.0. The highest BCUT2D eigenvalue weighted by Crippen LogP contribution is 2.38. The van der Waals surface area contributed by atoms with E-state index in [1.165, 1.54) is 7.11 Å². The molecule has 0 atom stereocenters. The lowest BCUT2D eigenvalue weighted by molar-refractivity contribution is -0.123. The van der Waals surface area contributed by atoms with Gasteiger partial charge in [-0.2, -0.15) is 5.26 Å². The summed E-state index contributed by atoms with van der Waals surface area (Å²) in [5.74, 6) is 0.542. The standard InChI is InChI=1S/C21H17ClN2O4S/c1-3-28-18-8-15(16(22)10-17(18)27-2)9-19-20(25)24(21(26)29-19)12-14-7-5-4-6-13(14)11-23/h4-10H,3,12H2,1-2H3/b19-9+. The van der Waals surface area contributed by atoms with Crippen molar-refractivity contribution >= 4 is 40.6 Å². The van der Waals surface area contributed by atoms with Crippen molar-refractivity contribution in [3.8, 4) is 17.6 Å². The van der Waals surface area contributed by atoms with Gasteiger partial charge in [-0.15, -0.1) is 0 Å². The van der Waals surface area contributed by atoms with Gasteiger partial charge in [-0.1, -0.05) is 29.8 Å². The molecule has 8 heteroatoms. The third kappa shape index (κ3) is 4.39. The summed E-state index contributed by atoms with van der Waals surface area (Å²) >= 11 is 7.15. The van der Waals surface area contributed by atoms with E-state index in [-0.39, 0.29) is 11.4 Å². The number of rotatable bonds is 6. The molecule has 2 amide bonds. The summed E-state index contributed by atoms with van der Waals surface area (Å²) in [7, 11) is 1.51. The average molecular weight is 429 g/mol. The van der Waals surface area contributed by atoms with Gasteiger partial charge in [0.1, 0.15) is 0 Å². The fourth-order valence-electron chi connectivity index (χ4n) is 2.80. The number of benzene rings is 2. The summed E-state index contributed by atoms with van der Waals surface area (Å²) in [6.45, 7) is 2.32. The van der Waals surface area contributed by atoms with E-state index < -0.39 is 11.1 Å². The van der Waals surface area contributed by atoms with Gasteiger partial charge < -0.3 is 9.47 Å². The van der Waals surface area contributed by atoms with Crippen LogP contribution in [0.1, 0.15) is 23.6 Å². The molecule has 0 aliphatic carbocycles. The van der Waals surface area contributed by atoms with Crippen LogP contribution in [0.15, 0.2) is 41.3 Å². The fraction of sp³-hybridized carbons (Fsp3) is 0.190. The predicted molar refractivity (Wildman–Crippen MR) is 112 cm³/mol. The van der Waals surface area contributed by atoms with Gasteiger partial charge in [-0.05, 0) is 48.0 Å². The summed E-state index contributed by atoms with van der Waals surface area (Å²) in [4.78, 5) is 26.6. The largest absolute Gasteiger partial charge is 0.493 e. The zero-order chi connectivity index (χ0) is 21.0. The van der Waals surface area contributed by atoms with Crippen LogP contribution in [-0.4, -0.2) is 29.8 Å². The molecule has 3 rings (SSSR count). The minimum atomic E-state index is -0.433. The minimum Gasteiger partial charge on any atom is -0.493 e. The van der Waals surface area contributed by atoms with Crippen molar-refractivity contribution in [2.75, 3.05) is 13.7 Å². The first-order valence-electron chi connectivity index (χ1n) is 8.72. The lowest BCUT2D eigenvalue weighted by Gasteiger charge is -2.13. The molecule has 6 nitrogen and oxygen atoms in total. The van der Waals surface area contributed by atoms with Crippen molar-refractivity contribution in [2.45, 2.75) is 13.5 Å². The van der Waals surface area contributed by atoms with Crippen molar-refractivity contribution in [1.82, 2.24) is 4.90 Å². The highest BCUT2D eigenvalue weighted by atomic mass is 35.5. The molecule has 2 aromatic rings. The van der Waals surface area contributed by atoms with Crippen LogP contribution in [0.4, 0.5) is 4.79 Å². The van der Waals surface area contributed by atoms with Crippen molar-refractivity contribution in [1.29, 1.82) is 5.26 Å². The molecule has 2 aromatic carbocycles. The Labute approximate surface area is 177 Å². The van der Waals surface area contributed by atoms with E-state index in [0.717, 1.165) is 16.7 Å². The number of hydrogen-bond acceptors (Lipinski definition) is 6. The number of ether oxygens (including phenoxy) is 2. The highest BCUT2D eigenvalue weighted by Gasteiger charge is 2.35. The Morgan fingerprint density at radius 3 is 2.69 bits per heavy atom. The number of halogens is 1. The van der Waals surface area contributed by atoms with Crippen LogP contribution in [0, 0.1) is 11.3 Å². The highest BCUT2D eigenvalue weighted by molar-refractivity contribution is 8.18. The molecule has 0 saturated carbocycles. The maximum absolute atomic E-state index is 12.8. The van der Waals surface area contributed by atoms with Crippen molar-refractivity contribution < 1.29 is 19.1 Å². The average Bonchev–Trinajstić information content (AvgIpc) is 2.98. The SMILES string of the molecule is CCOc1cc(/C=C2/SC(=O)N(Cc3ccccc3C#N)C2=O)c(Cl)cc1OC. The van der Waals surface area contributed by atoms with Crippen LogP contribution in [-0.2, 0) is 11.3 Å². The van der Waals surface area contributed by atoms with Gasteiger partial charge in [0.25, 0.3) is 11.1 Å². The Morgan fingerprint density at radius 1 is 1.24 bits per heavy atom. The van der Waals surface area contributed by atoms with Gasteiger partial charge >= 0.3 is 0 Å². The maximum Gasteiger partial charge on any atom is 0.293 e. The molecule has 1 aliphatic rings. The molecule has 148 valence electrons. The van der Waals surface area contributed by atoms with E-state index in [1.807, 2.05) is 6.92 Å². The van der Waals surface area contributed by atoms with E-state index >= 15 is 0 Å². The number of carbonyl (C=O) groups excluding carboxylic acids is 2. The fourth-order valence-corrected chi connectivity index (χ4v) is 3.84. The first-order chi connectivity index (χ1) is 14.0. The van der Waals surface area contributed by atoms with Gasteiger partial charge in [0.2, 0.25) is 0 Å². The molecule has 0 spiro atoms. The summed E-state index contributed by atoms with van der Waals surface area (Å²) in [5.41, 5.74) is 1.58. The van der Waals surface area contributed by atoms with Crippen LogP contribution < -0.4 is 9.47 Å². The molecule has 0 unspecified atom stereocenters. The third-order valence-corrected chi connectivity index (χ3v) is 5.44. The molecule has 0 radical (unpaired) electrons. The number of imide groups is 1. The first kappa shape index (κ1) is 20.8. The lowest BCUT2D eigenvalue weighted by atomic mass is 10.1. The number of thioether (sulfide) groups is 1. The Morgan fingerprint density at radius 2 is 2.00 bits per heavy atom. The molecule has 1 aliphatic heterocycles. The predicted octanol–water partition coefficient (Wildman–Crippen LogP) is 4.86. The van der Waals surface area contributed by atoms with Crippen LogP contribution in [0.2, 0.25) is 5.02 Å². The maximum atomic E-state index is 12.8. The van der Waals surface area contributed by atoms with Gasteiger partial charge in [-0.25, -0.2) is 0 Å². The molecular weight excluding hydrogens is 412 g/mol. The quantitative estimate of drug-likeness (QED) is 0.611. The van der Waals surface area contributed by atoms with Crippen molar-refractivity contribution in [3.63, 3.8) is 0 Å². The molecule has 0 bridgehead atoms. The van der Waals surface area contributed by atoms with Crippen LogP contribution in [0.25, 0.3) is 6.08 Å². The van der Waals surface area contributed by atoms with Gasteiger partial charge in [0, 0.05) is 6.07 Å². The number of nitrogens with zero attached hydrogens (tertiary/aromatic N) is 2. The molecule has 1 saturated heterocycles. The topological polar surface area (TPSA) is 79.6 Å². The third-order valence-electron chi connectivity index (χ3n) is 4.21. The van der Waals surface area contributed by atoms with Crippen LogP contribution in [0.5, 0.6) is 11.5 Å². The Bertz CT molecular complexity index is 1050. The van der Waals surface area contributed by atoms with E-state index in [9.17, 15) is 14.9 Å². The van der Waals surface area contributed by atoms with Crippen molar-refractivity contribution in [3.05, 3.63) is 63.0 Å². The molecular formula is C21H17ClN2O4S. The van der Waals surface area contributed by atoms with E-state index in [2.05, 4.69) is 6.07 Å². The second-order valence-electron chi connectivity index (χ2n) is 5.99. The number of methoxy groups -OCH3 is 1. The van der Waals surface area contributed by atoms with Gasteiger partial charge in [0.15, 0.2) is 11.5 Å². The molecule has 1 fully saturated rings. The first-order valence-corrected chi connectivity index (χ1v) is 9.91. The molecule has 1 heterocycles. The summed E-state index contributed by atoms with van der Waals surface area (Å²) in [6, 6.07) is 12.2. The van der Waals surface area contributed by atoms with E-state index in [4.69, 9.17) is 21.1 Å². The number of hydrogen-bond donors (Lipinski definition) is 0. The zero-order valence-electron chi connectivity index (χ0n) is 15.8. The van der Waals surface area contributed by atoms with Crippen LogP contribution >= 0.6 is 23.4 Å². The Hall–Kier alpha value is -2.95. The van der Waals surface area contributed by atoms with Gasteiger partial charge in [-0.3, -0.25) is 14.5 Å². The number of nitriles is 1. The summed E-state index contributed by atoms with van der Waals surface area (Å²) in [5, 5.41) is 9.19. The monoisotopic (exact) mass is 428 g/mol. The number of carbonyl (C=O) groups is 2. The van der Waals surface area contributed by atoms with E-state index in [1.54, 1.807) is 42.5 Å². The molecule has 0 aromatic heterocycles. The summed E-state index contributed by atoms with van der Waals surface area (Å²) < 4.78 is 10.8. The van der Waals surface area contributed by atoms with E-state index in [0.29, 0.717) is 39.8 Å². The second kappa shape index (κ2) is 9.03. The second-order valence-corrected chi connectivity index (χ2v) is 7.39. The minimum absolute atomic E-state index is 0.0340. The zero-order valence-corrected chi connectivity index (χ0v) is 17.3. The molecule has 0 N–H and O–H groups in total.